The van der Waals surface area contributed by atoms with Crippen molar-refractivity contribution in [2.24, 2.45) is 5.92 Å². The van der Waals surface area contributed by atoms with E-state index in [9.17, 15) is 4.79 Å². The Labute approximate surface area is 108 Å². The zero-order valence-electron chi connectivity index (χ0n) is 10.9. The van der Waals surface area contributed by atoms with Crippen LogP contribution >= 0.6 is 0 Å². The molecule has 0 bridgehead atoms. The van der Waals surface area contributed by atoms with E-state index in [-0.39, 0.29) is 5.91 Å². The summed E-state index contributed by atoms with van der Waals surface area (Å²) in [5, 5.41) is 0. The number of carbonyl (C=O) groups is 1. The summed E-state index contributed by atoms with van der Waals surface area (Å²) in [5.41, 5.74) is 13.1. The van der Waals surface area contributed by atoms with Crippen molar-refractivity contribution in [2.45, 2.75) is 26.2 Å². The maximum absolute atomic E-state index is 12.4. The molecule has 98 valence electrons. The monoisotopic (exact) mass is 247 g/mol. The highest BCUT2D eigenvalue weighted by Crippen LogP contribution is 2.22. The van der Waals surface area contributed by atoms with Crippen molar-refractivity contribution in [1.29, 1.82) is 0 Å². The molecule has 0 spiro atoms. The molecule has 1 aliphatic rings. The normalized spacial score (nSPS) is 19.8. The topological polar surface area (TPSA) is 72.3 Å². The Hall–Kier alpha value is -1.71. The zero-order valence-corrected chi connectivity index (χ0v) is 10.9. The first kappa shape index (κ1) is 12.7. The van der Waals surface area contributed by atoms with E-state index in [1.807, 2.05) is 4.90 Å². The predicted octanol–water partition coefficient (Wildman–Crippen LogP) is 2.11. The Morgan fingerprint density at radius 3 is 2.61 bits per heavy atom. The van der Waals surface area contributed by atoms with Crippen molar-refractivity contribution in [2.75, 3.05) is 24.6 Å². The van der Waals surface area contributed by atoms with E-state index in [0.717, 1.165) is 25.9 Å². The van der Waals surface area contributed by atoms with Gasteiger partial charge in [-0.1, -0.05) is 13.3 Å². The van der Waals surface area contributed by atoms with Crippen molar-refractivity contribution < 1.29 is 4.79 Å². The summed E-state index contributed by atoms with van der Waals surface area (Å²) < 4.78 is 0. The van der Waals surface area contributed by atoms with Gasteiger partial charge in [-0.15, -0.1) is 0 Å². The number of carbonyl (C=O) groups excluding carboxylic acids is 1. The molecule has 0 saturated carbocycles. The average Bonchev–Trinajstić information content (AvgIpc) is 2.37. The molecule has 1 heterocycles. The molecule has 4 heteroatoms. The van der Waals surface area contributed by atoms with Crippen molar-refractivity contribution in [3.63, 3.8) is 0 Å². The largest absolute Gasteiger partial charge is 0.399 e. The van der Waals surface area contributed by atoms with Crippen LogP contribution in [0, 0.1) is 5.92 Å². The van der Waals surface area contributed by atoms with Crippen LogP contribution in [0.2, 0.25) is 0 Å². The van der Waals surface area contributed by atoms with Crippen molar-refractivity contribution in [3.8, 4) is 0 Å². The maximum atomic E-state index is 12.4. The van der Waals surface area contributed by atoms with Crippen LogP contribution in [0.15, 0.2) is 18.2 Å². The first-order chi connectivity index (χ1) is 8.60. The van der Waals surface area contributed by atoms with Crippen LogP contribution in [0.5, 0.6) is 0 Å². The number of hydrogen-bond acceptors (Lipinski definition) is 3. The quantitative estimate of drug-likeness (QED) is 0.786. The van der Waals surface area contributed by atoms with Crippen LogP contribution < -0.4 is 11.5 Å². The molecule has 4 nitrogen and oxygen atoms in total. The third-order valence-corrected chi connectivity index (χ3v) is 3.61. The lowest BCUT2D eigenvalue weighted by Gasteiger charge is -2.32. The number of anilines is 2. The lowest BCUT2D eigenvalue weighted by atomic mass is 9.95. The Bertz CT molecular complexity index is 424. The minimum absolute atomic E-state index is 0.0483. The molecule has 1 amide bonds. The van der Waals surface area contributed by atoms with E-state index >= 15 is 0 Å². The van der Waals surface area contributed by atoms with Crippen LogP contribution in [0.25, 0.3) is 0 Å². The highest BCUT2D eigenvalue weighted by molar-refractivity contribution is 5.96. The number of hydrogen-bond donors (Lipinski definition) is 2. The van der Waals surface area contributed by atoms with Crippen LogP contribution in [-0.4, -0.2) is 23.9 Å². The molecule has 1 fully saturated rings. The number of rotatable bonds is 2. The van der Waals surface area contributed by atoms with Gasteiger partial charge < -0.3 is 16.4 Å². The summed E-state index contributed by atoms with van der Waals surface area (Å²) in [4.78, 5) is 14.3. The van der Waals surface area contributed by atoms with E-state index in [4.69, 9.17) is 11.5 Å². The lowest BCUT2D eigenvalue weighted by Crippen LogP contribution is -2.39. The predicted molar refractivity (Wildman–Crippen MR) is 74.2 cm³/mol. The first-order valence-electron chi connectivity index (χ1n) is 6.55. The SMILES string of the molecule is CCC1CCCN(C(=O)c2cc(N)cc(N)c2)C1. The number of nitrogens with zero attached hydrogens (tertiary/aromatic N) is 1. The third-order valence-electron chi connectivity index (χ3n) is 3.61. The summed E-state index contributed by atoms with van der Waals surface area (Å²) in [6.45, 7) is 3.87. The second-order valence-electron chi connectivity index (χ2n) is 5.06. The minimum atomic E-state index is 0.0483. The molecule has 1 aromatic carbocycles. The first-order valence-corrected chi connectivity index (χ1v) is 6.55. The molecule has 0 aliphatic carbocycles. The Kier molecular flexibility index (Phi) is 3.75. The smallest absolute Gasteiger partial charge is 0.254 e. The van der Waals surface area contributed by atoms with E-state index < -0.39 is 0 Å². The average molecular weight is 247 g/mol. The van der Waals surface area contributed by atoms with Gasteiger partial charge in [-0.2, -0.15) is 0 Å². The van der Waals surface area contributed by atoms with Gasteiger partial charge in [0.05, 0.1) is 0 Å². The van der Waals surface area contributed by atoms with Gasteiger partial charge in [0.25, 0.3) is 5.91 Å². The zero-order chi connectivity index (χ0) is 13.1. The van der Waals surface area contributed by atoms with Gasteiger partial charge in [-0.25, -0.2) is 0 Å². The standard InChI is InChI=1S/C14H21N3O/c1-2-10-4-3-5-17(9-10)14(18)11-6-12(15)8-13(16)7-11/h6-8,10H,2-5,9,15-16H2,1H3. The number of nitrogens with two attached hydrogens (primary N) is 2. The molecule has 1 aromatic rings. The third kappa shape index (κ3) is 2.75. The Balaban J connectivity index is 2.15. The van der Waals surface area contributed by atoms with Gasteiger partial charge in [0.1, 0.15) is 0 Å². The number of piperidine rings is 1. The molecule has 1 saturated heterocycles. The molecule has 0 radical (unpaired) electrons. The second-order valence-corrected chi connectivity index (χ2v) is 5.06. The van der Waals surface area contributed by atoms with Gasteiger partial charge in [0, 0.05) is 30.0 Å². The molecule has 18 heavy (non-hydrogen) atoms. The number of amides is 1. The molecule has 1 aliphatic heterocycles. The number of nitrogen functional groups attached to an aromatic ring is 2. The van der Waals surface area contributed by atoms with Gasteiger partial charge in [0.15, 0.2) is 0 Å². The molecule has 4 N–H and O–H groups in total. The summed E-state index contributed by atoms with van der Waals surface area (Å²) in [6, 6.07) is 5.07. The molecular formula is C14H21N3O. The van der Waals surface area contributed by atoms with E-state index in [0.29, 0.717) is 22.9 Å². The minimum Gasteiger partial charge on any atom is -0.399 e. The number of benzene rings is 1. The maximum Gasteiger partial charge on any atom is 0.254 e. The summed E-state index contributed by atoms with van der Waals surface area (Å²) in [7, 11) is 0. The summed E-state index contributed by atoms with van der Waals surface area (Å²) in [6.07, 6.45) is 3.43. The molecule has 2 rings (SSSR count). The van der Waals surface area contributed by atoms with E-state index in [1.165, 1.54) is 6.42 Å². The van der Waals surface area contributed by atoms with E-state index in [2.05, 4.69) is 6.92 Å². The Morgan fingerprint density at radius 1 is 1.33 bits per heavy atom. The fraction of sp³-hybridized carbons (Fsp3) is 0.500. The van der Waals surface area contributed by atoms with Gasteiger partial charge in [-0.3, -0.25) is 4.79 Å². The highest BCUT2D eigenvalue weighted by Gasteiger charge is 2.23. The molecule has 0 aromatic heterocycles. The Morgan fingerprint density at radius 2 is 2.00 bits per heavy atom. The van der Waals surface area contributed by atoms with Crippen LogP contribution in [-0.2, 0) is 0 Å². The van der Waals surface area contributed by atoms with Crippen LogP contribution in [0.1, 0.15) is 36.5 Å². The van der Waals surface area contributed by atoms with Gasteiger partial charge in [0.2, 0.25) is 0 Å². The van der Waals surface area contributed by atoms with Gasteiger partial charge in [-0.05, 0) is 37.0 Å². The van der Waals surface area contributed by atoms with Crippen molar-refractivity contribution >= 4 is 17.3 Å². The summed E-state index contributed by atoms with van der Waals surface area (Å²) >= 11 is 0. The van der Waals surface area contributed by atoms with E-state index in [1.54, 1.807) is 18.2 Å². The highest BCUT2D eigenvalue weighted by atomic mass is 16.2. The van der Waals surface area contributed by atoms with Crippen molar-refractivity contribution in [1.82, 2.24) is 4.90 Å². The van der Waals surface area contributed by atoms with Crippen molar-refractivity contribution in [3.05, 3.63) is 23.8 Å². The lowest BCUT2D eigenvalue weighted by molar-refractivity contribution is 0.0671. The van der Waals surface area contributed by atoms with Crippen LogP contribution in [0.4, 0.5) is 11.4 Å². The fourth-order valence-corrected chi connectivity index (χ4v) is 2.57. The molecule has 1 atom stereocenters. The second kappa shape index (κ2) is 5.29. The molecule has 1 unspecified atom stereocenters. The molecular weight excluding hydrogens is 226 g/mol. The van der Waals surface area contributed by atoms with Gasteiger partial charge >= 0.3 is 0 Å². The van der Waals surface area contributed by atoms with Crippen LogP contribution in [0.3, 0.4) is 0 Å². The summed E-state index contributed by atoms with van der Waals surface area (Å²) in [5.74, 6) is 0.674. The number of likely N-dealkylation sites (tertiary alicyclic amines) is 1. The fourth-order valence-electron chi connectivity index (χ4n) is 2.57.